The summed E-state index contributed by atoms with van der Waals surface area (Å²) in [5.74, 6) is -1.62. The predicted molar refractivity (Wildman–Crippen MR) is 73.9 cm³/mol. The first kappa shape index (κ1) is 17.8. The number of carboxylic acid groups (broad SMARTS) is 1. The van der Waals surface area contributed by atoms with Crippen LogP contribution in [0.5, 0.6) is 0 Å². The molecule has 0 aromatic heterocycles. The van der Waals surface area contributed by atoms with Gasteiger partial charge in [-0.25, -0.2) is 4.79 Å². The van der Waals surface area contributed by atoms with Gasteiger partial charge in [-0.15, -0.1) is 0 Å². The number of methoxy groups -OCH3 is 1. The Balaban J connectivity index is 2.11. The lowest BCUT2D eigenvalue weighted by Crippen LogP contribution is -2.54. The number of hydrogen-bond donors (Lipinski definition) is 1. The second-order valence-electron chi connectivity index (χ2n) is 6.07. The Labute approximate surface area is 132 Å². The van der Waals surface area contributed by atoms with E-state index in [0.717, 1.165) is 0 Å². The fourth-order valence-electron chi connectivity index (χ4n) is 3.49. The summed E-state index contributed by atoms with van der Waals surface area (Å²) in [5.41, 5.74) is 0. The summed E-state index contributed by atoms with van der Waals surface area (Å²) >= 11 is 0. The van der Waals surface area contributed by atoms with E-state index in [1.54, 1.807) is 0 Å². The van der Waals surface area contributed by atoms with Crippen molar-refractivity contribution in [2.45, 2.75) is 43.9 Å². The molecule has 23 heavy (non-hydrogen) atoms. The second-order valence-corrected chi connectivity index (χ2v) is 6.07. The summed E-state index contributed by atoms with van der Waals surface area (Å²) in [6, 6.07) is -2.10. The van der Waals surface area contributed by atoms with E-state index in [9.17, 15) is 22.8 Å². The van der Waals surface area contributed by atoms with Gasteiger partial charge in [0.15, 0.2) is 0 Å². The minimum absolute atomic E-state index is 0.0169. The predicted octanol–water partition coefficient (Wildman–Crippen LogP) is 1.94. The lowest BCUT2D eigenvalue weighted by atomic mass is 9.90. The maximum atomic E-state index is 13.1. The van der Waals surface area contributed by atoms with Crippen LogP contribution < -0.4 is 0 Å². The number of hydrogen-bond acceptors (Lipinski definition) is 4. The average molecular weight is 338 g/mol. The molecule has 6 nitrogen and oxygen atoms in total. The minimum atomic E-state index is -4.31. The molecule has 3 atom stereocenters. The standard InChI is InChI=1S/C14H21F3N2O4/c1-23-13(22)19-6-4-9(12(20)21)7-10(19)8-18-5-2-3-11(18)14(15,16)17/h9-11H,2-8H2,1H3,(H,20,21)/t9-,10-,11+/m1/s1. The number of ether oxygens (including phenoxy) is 1. The number of carboxylic acids is 1. The number of alkyl halides is 3. The highest BCUT2D eigenvalue weighted by Crippen LogP contribution is 2.34. The quantitative estimate of drug-likeness (QED) is 0.852. The van der Waals surface area contributed by atoms with Crippen LogP contribution >= 0.6 is 0 Å². The number of halogens is 3. The van der Waals surface area contributed by atoms with E-state index in [0.29, 0.717) is 13.0 Å². The molecule has 2 saturated heterocycles. The Kier molecular flexibility index (Phi) is 5.38. The number of rotatable bonds is 3. The molecule has 0 spiro atoms. The highest BCUT2D eigenvalue weighted by Gasteiger charge is 2.47. The van der Waals surface area contributed by atoms with E-state index in [-0.39, 0.29) is 32.4 Å². The van der Waals surface area contributed by atoms with E-state index < -0.39 is 36.2 Å². The zero-order valence-electron chi connectivity index (χ0n) is 12.9. The zero-order valence-corrected chi connectivity index (χ0v) is 12.9. The molecule has 9 heteroatoms. The molecule has 1 N–H and O–H groups in total. The SMILES string of the molecule is COC(=O)N1CC[C@@H](C(=O)O)C[C@@H]1CN1CCC[C@H]1C(F)(F)F. The lowest BCUT2D eigenvalue weighted by Gasteiger charge is -2.40. The maximum Gasteiger partial charge on any atom is 0.409 e. The molecule has 0 unspecified atom stereocenters. The third-order valence-electron chi connectivity index (χ3n) is 4.66. The Bertz CT molecular complexity index is 458. The fourth-order valence-corrected chi connectivity index (χ4v) is 3.49. The average Bonchev–Trinajstić information content (AvgIpc) is 2.94. The molecule has 0 aromatic rings. The van der Waals surface area contributed by atoms with Crippen molar-refractivity contribution in [3.05, 3.63) is 0 Å². The van der Waals surface area contributed by atoms with Crippen LogP contribution in [0.4, 0.5) is 18.0 Å². The van der Waals surface area contributed by atoms with Gasteiger partial charge in [0.25, 0.3) is 0 Å². The molecule has 2 fully saturated rings. The van der Waals surface area contributed by atoms with Gasteiger partial charge in [0.05, 0.1) is 13.0 Å². The number of piperidine rings is 1. The summed E-state index contributed by atoms with van der Waals surface area (Å²) < 4.78 is 43.8. The van der Waals surface area contributed by atoms with Crippen molar-refractivity contribution in [1.29, 1.82) is 0 Å². The summed E-state index contributed by atoms with van der Waals surface area (Å²) in [4.78, 5) is 25.7. The first-order valence-corrected chi connectivity index (χ1v) is 7.62. The van der Waals surface area contributed by atoms with Crippen molar-refractivity contribution in [1.82, 2.24) is 9.80 Å². The summed E-state index contributed by atoms with van der Waals surface area (Å²) in [7, 11) is 1.21. The monoisotopic (exact) mass is 338 g/mol. The molecule has 0 radical (unpaired) electrons. The largest absolute Gasteiger partial charge is 0.481 e. The molecule has 1 amide bonds. The van der Waals surface area contributed by atoms with E-state index in [2.05, 4.69) is 4.74 Å². The highest BCUT2D eigenvalue weighted by atomic mass is 19.4. The van der Waals surface area contributed by atoms with Gasteiger partial charge >= 0.3 is 18.2 Å². The molecule has 2 aliphatic heterocycles. The van der Waals surface area contributed by atoms with E-state index in [1.807, 2.05) is 0 Å². The Morgan fingerprint density at radius 2 is 1.96 bits per heavy atom. The van der Waals surface area contributed by atoms with Crippen LogP contribution in [0.25, 0.3) is 0 Å². The normalized spacial score (nSPS) is 29.6. The zero-order chi connectivity index (χ0) is 17.2. The van der Waals surface area contributed by atoms with Gasteiger partial charge in [-0.3, -0.25) is 9.69 Å². The van der Waals surface area contributed by atoms with E-state index >= 15 is 0 Å². The minimum Gasteiger partial charge on any atom is -0.481 e. The van der Waals surface area contributed by atoms with Gasteiger partial charge in [-0.1, -0.05) is 0 Å². The third-order valence-corrected chi connectivity index (χ3v) is 4.66. The molecule has 0 saturated carbocycles. The van der Waals surface area contributed by atoms with Gasteiger partial charge in [-0.2, -0.15) is 13.2 Å². The molecule has 0 bridgehead atoms. The lowest BCUT2D eigenvalue weighted by molar-refractivity contribution is -0.178. The van der Waals surface area contributed by atoms with Crippen molar-refractivity contribution in [2.24, 2.45) is 5.92 Å². The van der Waals surface area contributed by atoms with Crippen LogP contribution in [-0.2, 0) is 9.53 Å². The third kappa shape index (κ3) is 4.07. The second kappa shape index (κ2) is 6.94. The highest BCUT2D eigenvalue weighted by molar-refractivity contribution is 5.72. The molecule has 132 valence electrons. The molecule has 0 aliphatic carbocycles. The number of aliphatic carboxylic acids is 1. The number of likely N-dealkylation sites (tertiary alicyclic amines) is 2. The number of carbonyl (C=O) groups excluding carboxylic acids is 1. The van der Waals surface area contributed by atoms with Crippen molar-refractivity contribution >= 4 is 12.1 Å². The number of nitrogens with zero attached hydrogens (tertiary/aromatic N) is 2. The van der Waals surface area contributed by atoms with Gasteiger partial charge < -0.3 is 14.7 Å². The smallest absolute Gasteiger partial charge is 0.409 e. The van der Waals surface area contributed by atoms with Gasteiger partial charge in [0, 0.05) is 19.1 Å². The van der Waals surface area contributed by atoms with E-state index in [1.165, 1.54) is 16.9 Å². The number of amides is 1. The van der Waals surface area contributed by atoms with Crippen LogP contribution in [0.1, 0.15) is 25.7 Å². The molecule has 2 aliphatic rings. The van der Waals surface area contributed by atoms with Gasteiger partial charge in [0.1, 0.15) is 6.04 Å². The molecule has 2 heterocycles. The Morgan fingerprint density at radius 3 is 2.52 bits per heavy atom. The first-order valence-electron chi connectivity index (χ1n) is 7.62. The van der Waals surface area contributed by atoms with Crippen LogP contribution in [0.2, 0.25) is 0 Å². The first-order chi connectivity index (χ1) is 10.7. The summed E-state index contributed by atoms with van der Waals surface area (Å²) in [5, 5.41) is 9.15. The van der Waals surface area contributed by atoms with Crippen LogP contribution in [-0.4, -0.2) is 72.0 Å². The number of carbonyl (C=O) groups is 2. The Hall–Kier alpha value is -1.51. The summed E-state index contributed by atoms with van der Waals surface area (Å²) in [6.45, 7) is 0.495. The fraction of sp³-hybridized carbons (Fsp3) is 0.857. The molecule has 0 aromatic carbocycles. The van der Waals surface area contributed by atoms with Crippen molar-refractivity contribution < 1.29 is 32.6 Å². The van der Waals surface area contributed by atoms with Crippen molar-refractivity contribution in [3.63, 3.8) is 0 Å². The molecule has 2 rings (SSSR count). The Morgan fingerprint density at radius 1 is 1.26 bits per heavy atom. The maximum absolute atomic E-state index is 13.1. The van der Waals surface area contributed by atoms with Crippen LogP contribution in [0.15, 0.2) is 0 Å². The van der Waals surface area contributed by atoms with Gasteiger partial charge in [0.2, 0.25) is 0 Å². The van der Waals surface area contributed by atoms with Crippen molar-refractivity contribution in [3.8, 4) is 0 Å². The van der Waals surface area contributed by atoms with Crippen molar-refractivity contribution in [2.75, 3.05) is 26.7 Å². The molecular weight excluding hydrogens is 317 g/mol. The topological polar surface area (TPSA) is 70.1 Å². The van der Waals surface area contributed by atoms with Crippen LogP contribution in [0.3, 0.4) is 0 Å². The molecular formula is C14H21F3N2O4. The summed E-state index contributed by atoms with van der Waals surface area (Å²) in [6.07, 6.45) is -4.03. The van der Waals surface area contributed by atoms with Crippen LogP contribution in [0, 0.1) is 5.92 Å². The van der Waals surface area contributed by atoms with E-state index in [4.69, 9.17) is 5.11 Å². The van der Waals surface area contributed by atoms with Gasteiger partial charge in [-0.05, 0) is 32.2 Å².